The van der Waals surface area contributed by atoms with Crippen LogP contribution in [0.1, 0.15) is 145 Å². The molecule has 0 bridgehead atoms. The number of ether oxygens (including phenoxy) is 4. The van der Waals surface area contributed by atoms with E-state index in [-0.39, 0.29) is 50.7 Å². The van der Waals surface area contributed by atoms with E-state index in [0.717, 1.165) is 25.7 Å². The van der Waals surface area contributed by atoms with Crippen molar-refractivity contribution in [3.8, 4) is 23.0 Å². The van der Waals surface area contributed by atoms with Gasteiger partial charge in [-0.3, -0.25) is 4.55 Å². The molecule has 0 heterocycles. The average Bonchev–Trinajstić information content (AvgIpc) is 3.63. The van der Waals surface area contributed by atoms with Crippen molar-refractivity contribution in [1.82, 2.24) is 0 Å². The van der Waals surface area contributed by atoms with E-state index < -0.39 is 39.4 Å². The van der Waals surface area contributed by atoms with Crippen LogP contribution in [0, 0.1) is 6.92 Å². The molecule has 2 saturated carbocycles. The highest BCUT2D eigenvalue weighted by molar-refractivity contribution is 7.86. The first-order chi connectivity index (χ1) is 21.8. The fourth-order valence-electron chi connectivity index (χ4n) is 7.16. The van der Waals surface area contributed by atoms with Gasteiger partial charge in [-0.2, -0.15) is 8.42 Å². The van der Waals surface area contributed by atoms with Crippen molar-refractivity contribution in [1.29, 1.82) is 0 Å². The smallest absolute Gasteiger partial charge is 0.483 e. The van der Waals surface area contributed by atoms with Gasteiger partial charge in [-0.1, -0.05) is 41.5 Å². The van der Waals surface area contributed by atoms with E-state index in [2.05, 4.69) is 4.74 Å². The van der Waals surface area contributed by atoms with Gasteiger partial charge in [-0.15, -0.1) is 13.2 Å². The Kier molecular flexibility index (Phi) is 10.9. The van der Waals surface area contributed by atoms with Crippen LogP contribution >= 0.6 is 0 Å². The molecular formula is C35H47F3O8S. The number of esters is 1. The summed E-state index contributed by atoms with van der Waals surface area (Å²) in [6.07, 6.45) is 1.95. The highest BCUT2D eigenvalue weighted by atomic mass is 32.2. The summed E-state index contributed by atoms with van der Waals surface area (Å²) in [5.74, 6) is -2.65. The van der Waals surface area contributed by atoms with Gasteiger partial charge in [0.15, 0.2) is 11.5 Å². The molecule has 2 aliphatic carbocycles. The van der Waals surface area contributed by atoms with E-state index in [9.17, 15) is 30.9 Å². The first-order valence-electron chi connectivity index (χ1n) is 16.5. The van der Waals surface area contributed by atoms with E-state index in [4.69, 9.17) is 14.2 Å². The fourth-order valence-corrected chi connectivity index (χ4v) is 8.25. The van der Waals surface area contributed by atoms with Crippen molar-refractivity contribution in [3.05, 3.63) is 40.5 Å². The largest absolute Gasteiger partial charge is 0.573 e. The molecule has 0 unspecified atom stereocenters. The van der Waals surface area contributed by atoms with Gasteiger partial charge in [0.05, 0.1) is 5.56 Å². The van der Waals surface area contributed by atoms with E-state index in [1.165, 1.54) is 18.2 Å². The predicted octanol–water partition coefficient (Wildman–Crippen LogP) is 9.81. The molecule has 0 aliphatic heterocycles. The number of carbonyl (C=O) groups excluding carboxylic acids is 1. The molecule has 2 aromatic rings. The Morgan fingerprint density at radius 1 is 0.851 bits per heavy atom. The minimum Gasteiger partial charge on any atom is -0.483 e. The third kappa shape index (κ3) is 8.18. The van der Waals surface area contributed by atoms with Crippen LogP contribution in [0.15, 0.2) is 23.1 Å². The molecule has 2 fully saturated rings. The first-order valence-corrected chi connectivity index (χ1v) is 18.0. The lowest BCUT2D eigenvalue weighted by Gasteiger charge is -2.33. The van der Waals surface area contributed by atoms with Crippen LogP contribution in [0.3, 0.4) is 0 Å². The second kappa shape index (κ2) is 13.9. The minimum atomic E-state index is -5.06. The van der Waals surface area contributed by atoms with Gasteiger partial charge in [-0.25, -0.2) is 4.79 Å². The zero-order chi connectivity index (χ0) is 34.9. The zero-order valence-electron chi connectivity index (χ0n) is 28.3. The molecule has 4 rings (SSSR count). The number of hydrogen-bond donors (Lipinski definition) is 1. The molecule has 1 N–H and O–H groups in total. The summed E-state index contributed by atoms with van der Waals surface area (Å²) in [6, 6.07) is 3.84. The van der Waals surface area contributed by atoms with Crippen molar-refractivity contribution >= 4 is 16.1 Å². The van der Waals surface area contributed by atoms with Gasteiger partial charge < -0.3 is 18.9 Å². The average molecular weight is 685 g/mol. The summed E-state index contributed by atoms with van der Waals surface area (Å²) in [4.78, 5) is 13.7. The number of rotatable bonds is 12. The molecule has 0 atom stereocenters. The van der Waals surface area contributed by atoms with Crippen molar-refractivity contribution in [3.63, 3.8) is 0 Å². The van der Waals surface area contributed by atoms with Gasteiger partial charge in [0.25, 0.3) is 10.1 Å². The number of hydrogen-bond acceptors (Lipinski definition) is 7. The maximum atomic E-state index is 14.0. The number of alkyl halides is 3. The predicted molar refractivity (Wildman–Crippen MR) is 171 cm³/mol. The van der Waals surface area contributed by atoms with Crippen LogP contribution in [0.25, 0.3) is 0 Å². The van der Waals surface area contributed by atoms with Crippen molar-refractivity contribution in [2.75, 3.05) is 0 Å². The molecule has 47 heavy (non-hydrogen) atoms. The Labute approximate surface area is 276 Å². The molecule has 0 aromatic heterocycles. The second-order valence-corrected chi connectivity index (χ2v) is 14.9. The quantitative estimate of drug-likeness (QED) is 0.134. The monoisotopic (exact) mass is 684 g/mol. The van der Waals surface area contributed by atoms with Crippen LogP contribution in [-0.2, 0) is 10.1 Å². The van der Waals surface area contributed by atoms with Gasteiger partial charge in [0.1, 0.15) is 21.8 Å². The molecule has 8 nitrogen and oxygen atoms in total. The molecule has 2 aliphatic rings. The van der Waals surface area contributed by atoms with Crippen molar-refractivity contribution in [2.45, 2.75) is 147 Å². The lowest BCUT2D eigenvalue weighted by atomic mass is 9.91. The van der Waals surface area contributed by atoms with Crippen LogP contribution in [0.2, 0.25) is 0 Å². The zero-order valence-corrected chi connectivity index (χ0v) is 29.1. The number of carbonyl (C=O) groups is 1. The van der Waals surface area contributed by atoms with Crippen LogP contribution in [0.4, 0.5) is 13.2 Å². The molecule has 2 aromatic carbocycles. The lowest BCUT2D eigenvalue weighted by Crippen LogP contribution is -2.34. The normalized spacial score (nSPS) is 17.7. The maximum absolute atomic E-state index is 14.0. The second-order valence-electron chi connectivity index (χ2n) is 13.5. The van der Waals surface area contributed by atoms with E-state index >= 15 is 0 Å². The third-order valence-electron chi connectivity index (χ3n) is 9.66. The SMILES string of the molecule is CCC1(Oc2cc(C(=O)Oc3cc(C(C)C)c(S(=O)(=O)O)c(C)c3C(C)C)cc(OC3(CC)CCCC3)c2OC(F)(F)F)CCCC1. The highest BCUT2D eigenvalue weighted by Crippen LogP contribution is 2.49. The number of halogens is 3. The highest BCUT2D eigenvalue weighted by Gasteiger charge is 2.42. The van der Waals surface area contributed by atoms with Gasteiger partial charge in [0.2, 0.25) is 5.75 Å². The van der Waals surface area contributed by atoms with Gasteiger partial charge in [0, 0.05) is 5.56 Å². The summed E-state index contributed by atoms with van der Waals surface area (Å²) in [7, 11) is -4.61. The molecule has 0 radical (unpaired) electrons. The fraction of sp³-hybridized carbons (Fsp3) is 0.629. The third-order valence-corrected chi connectivity index (χ3v) is 10.7. The Balaban J connectivity index is 1.91. The van der Waals surface area contributed by atoms with E-state index in [0.29, 0.717) is 44.1 Å². The Morgan fingerprint density at radius 3 is 1.68 bits per heavy atom. The number of benzene rings is 2. The van der Waals surface area contributed by atoms with Crippen LogP contribution in [-0.4, -0.2) is 36.5 Å². The van der Waals surface area contributed by atoms with Crippen molar-refractivity contribution in [2.24, 2.45) is 0 Å². The Hall–Kier alpha value is -2.99. The topological polar surface area (TPSA) is 108 Å². The standard InChI is InChI=1S/C35H47F3O8S/c1-8-33(14-10-11-15-33)44-27-18-24(19-28(30(27)46-35(36,37)38)45-34(9-2)16-12-13-17-34)32(39)43-26-20-25(21(3)4)31(47(40,41)42)23(7)29(26)22(5)6/h18-22H,8-17H2,1-7H3,(H,40,41,42). The lowest BCUT2D eigenvalue weighted by molar-refractivity contribution is -0.276. The molecule has 12 heteroatoms. The molecule has 0 amide bonds. The first kappa shape index (κ1) is 36.8. The van der Waals surface area contributed by atoms with E-state index in [1.807, 2.05) is 13.8 Å². The summed E-state index contributed by atoms with van der Waals surface area (Å²) in [6.45, 7) is 12.4. The maximum Gasteiger partial charge on any atom is 0.573 e. The minimum absolute atomic E-state index is 0.0841. The summed E-state index contributed by atoms with van der Waals surface area (Å²) < 4.78 is 100.0. The molecule has 0 spiro atoms. The summed E-state index contributed by atoms with van der Waals surface area (Å²) in [5, 5.41) is 0. The summed E-state index contributed by atoms with van der Waals surface area (Å²) >= 11 is 0. The molecular weight excluding hydrogens is 637 g/mol. The van der Waals surface area contributed by atoms with Crippen molar-refractivity contribution < 1.29 is 49.9 Å². The molecule has 262 valence electrons. The van der Waals surface area contributed by atoms with Gasteiger partial charge in [-0.05, 0) is 112 Å². The Bertz CT molecular complexity index is 1520. The van der Waals surface area contributed by atoms with Gasteiger partial charge >= 0.3 is 12.3 Å². The van der Waals surface area contributed by atoms with Crippen LogP contribution in [0.5, 0.6) is 23.0 Å². The summed E-state index contributed by atoms with van der Waals surface area (Å²) in [5.41, 5.74) is -0.688. The van der Waals surface area contributed by atoms with E-state index in [1.54, 1.807) is 34.6 Å². The van der Waals surface area contributed by atoms with Crippen LogP contribution < -0.4 is 18.9 Å². The molecule has 0 saturated heterocycles. The Morgan fingerprint density at radius 2 is 1.32 bits per heavy atom.